The zero-order valence-electron chi connectivity index (χ0n) is 9.84. The van der Waals surface area contributed by atoms with E-state index in [0.29, 0.717) is 0 Å². The van der Waals surface area contributed by atoms with Gasteiger partial charge in [-0.3, -0.25) is 4.79 Å². The fourth-order valence-electron chi connectivity index (χ4n) is 1.19. The van der Waals surface area contributed by atoms with Gasteiger partial charge in [-0.15, -0.1) is 0 Å². The minimum Gasteiger partial charge on any atom is -0.497 e. The third-order valence-corrected chi connectivity index (χ3v) is 2.09. The molecule has 1 aromatic rings. The van der Waals surface area contributed by atoms with Gasteiger partial charge in [-0.25, -0.2) is 0 Å². The Hall–Kier alpha value is -2.06. The lowest BCUT2D eigenvalue weighted by atomic mass is 10.2. The van der Waals surface area contributed by atoms with Crippen LogP contribution in [0.1, 0.15) is 10.4 Å². The number of hydrogen-bond acceptors (Lipinski definition) is 2. The molecule has 0 spiro atoms. The van der Waals surface area contributed by atoms with Crippen molar-refractivity contribution in [3.8, 4) is 5.75 Å². The van der Waals surface area contributed by atoms with E-state index in [0.717, 1.165) is 12.1 Å². The van der Waals surface area contributed by atoms with Crippen LogP contribution in [0.15, 0.2) is 29.3 Å². The number of rotatable bonds is 2. The van der Waals surface area contributed by atoms with E-state index in [1.807, 2.05) is 0 Å². The molecule has 0 fully saturated rings. The van der Waals surface area contributed by atoms with Gasteiger partial charge >= 0.3 is 12.4 Å². The fourth-order valence-corrected chi connectivity index (χ4v) is 1.19. The molecule has 110 valence electrons. The average Bonchev–Trinajstić information content (AvgIpc) is 2.33. The predicted octanol–water partition coefficient (Wildman–Crippen LogP) is 3.40. The number of aliphatic imine (C=N–C) groups is 1. The van der Waals surface area contributed by atoms with Crippen LogP contribution in [0.25, 0.3) is 0 Å². The third-order valence-electron chi connectivity index (χ3n) is 2.09. The van der Waals surface area contributed by atoms with E-state index in [9.17, 15) is 31.1 Å². The van der Waals surface area contributed by atoms with Gasteiger partial charge in [0.15, 0.2) is 0 Å². The van der Waals surface area contributed by atoms with Crippen molar-refractivity contribution in [3.63, 3.8) is 0 Å². The highest BCUT2D eigenvalue weighted by molar-refractivity contribution is 6.07. The molecule has 0 bridgehead atoms. The molecule has 0 unspecified atom stereocenters. The highest BCUT2D eigenvalue weighted by Crippen LogP contribution is 2.30. The van der Waals surface area contributed by atoms with Crippen LogP contribution in [-0.4, -0.2) is 31.1 Å². The van der Waals surface area contributed by atoms with Gasteiger partial charge in [-0.1, -0.05) is 0 Å². The minimum atomic E-state index is -5.76. The third kappa shape index (κ3) is 3.97. The van der Waals surface area contributed by atoms with Crippen molar-refractivity contribution in [2.24, 2.45) is 4.99 Å². The number of nitrogens with zero attached hydrogens (tertiary/aromatic N) is 1. The molecular weight excluding hydrogens is 292 g/mol. The maximum Gasteiger partial charge on any atom is 0.438 e. The lowest BCUT2D eigenvalue weighted by Gasteiger charge is -2.12. The molecule has 3 nitrogen and oxygen atoms in total. The summed E-state index contributed by atoms with van der Waals surface area (Å²) in [6, 6.07) is 4.44. The minimum absolute atomic E-state index is 0.289. The summed E-state index contributed by atoms with van der Waals surface area (Å²) in [5.41, 5.74) is -3.51. The van der Waals surface area contributed by atoms with E-state index in [2.05, 4.69) is 4.99 Å². The maximum absolute atomic E-state index is 12.2. The predicted molar refractivity (Wildman–Crippen MR) is 56.9 cm³/mol. The summed E-state index contributed by atoms with van der Waals surface area (Å²) in [6.07, 6.45) is -11.5. The van der Waals surface area contributed by atoms with Crippen LogP contribution in [0, 0.1) is 0 Å². The molecular formula is C11H7F6NO2. The van der Waals surface area contributed by atoms with Gasteiger partial charge in [0, 0.05) is 5.56 Å². The first kappa shape index (κ1) is 16.0. The van der Waals surface area contributed by atoms with E-state index in [1.165, 1.54) is 19.2 Å². The number of amides is 1. The van der Waals surface area contributed by atoms with E-state index in [-0.39, 0.29) is 5.75 Å². The van der Waals surface area contributed by atoms with E-state index < -0.39 is 29.5 Å². The van der Waals surface area contributed by atoms with Crippen LogP contribution in [0.5, 0.6) is 5.75 Å². The van der Waals surface area contributed by atoms with Crippen molar-refractivity contribution in [2.45, 2.75) is 12.4 Å². The molecule has 0 aliphatic heterocycles. The average molecular weight is 299 g/mol. The second kappa shape index (κ2) is 5.51. The Morgan fingerprint density at radius 1 is 1.00 bits per heavy atom. The topological polar surface area (TPSA) is 38.7 Å². The number of methoxy groups -OCH3 is 1. The lowest BCUT2D eigenvalue weighted by Crippen LogP contribution is -2.37. The molecule has 0 atom stereocenters. The molecule has 9 heteroatoms. The van der Waals surface area contributed by atoms with Gasteiger partial charge in [-0.2, -0.15) is 31.3 Å². The summed E-state index contributed by atoms with van der Waals surface area (Å²) in [4.78, 5) is 13.5. The van der Waals surface area contributed by atoms with Gasteiger partial charge < -0.3 is 4.74 Å². The van der Waals surface area contributed by atoms with Crippen LogP contribution in [0.4, 0.5) is 26.3 Å². The zero-order chi connectivity index (χ0) is 15.6. The first-order valence-electron chi connectivity index (χ1n) is 4.97. The molecule has 1 rings (SSSR count). The highest BCUT2D eigenvalue weighted by atomic mass is 19.4. The fraction of sp³-hybridized carbons (Fsp3) is 0.273. The smallest absolute Gasteiger partial charge is 0.438 e. The summed E-state index contributed by atoms with van der Waals surface area (Å²) in [6.45, 7) is 0. The number of carbonyl (C=O) groups excluding carboxylic acids is 1. The van der Waals surface area contributed by atoms with E-state index in [1.54, 1.807) is 0 Å². The number of hydrogen-bond donors (Lipinski definition) is 0. The molecule has 0 aromatic heterocycles. The first-order valence-corrected chi connectivity index (χ1v) is 4.97. The molecule has 1 aromatic carbocycles. The van der Waals surface area contributed by atoms with Crippen molar-refractivity contribution >= 4 is 11.6 Å². The molecule has 20 heavy (non-hydrogen) atoms. The molecule has 0 aliphatic rings. The Morgan fingerprint density at radius 2 is 1.45 bits per heavy atom. The molecule has 0 saturated heterocycles. The number of alkyl halides is 6. The summed E-state index contributed by atoms with van der Waals surface area (Å²) >= 11 is 0. The monoisotopic (exact) mass is 299 g/mol. The second-order valence-corrected chi connectivity index (χ2v) is 3.49. The van der Waals surface area contributed by atoms with E-state index in [4.69, 9.17) is 4.74 Å². The Bertz CT molecular complexity index is 499. The largest absolute Gasteiger partial charge is 0.497 e. The van der Waals surface area contributed by atoms with Crippen LogP contribution in [0.3, 0.4) is 0 Å². The van der Waals surface area contributed by atoms with Gasteiger partial charge in [-0.05, 0) is 24.3 Å². The van der Waals surface area contributed by atoms with Crippen molar-refractivity contribution in [1.29, 1.82) is 0 Å². The Labute approximate surface area is 108 Å². The highest BCUT2D eigenvalue weighted by Gasteiger charge is 2.53. The molecule has 0 radical (unpaired) electrons. The van der Waals surface area contributed by atoms with Gasteiger partial charge in [0.25, 0.3) is 5.91 Å². The first-order chi connectivity index (χ1) is 9.05. The van der Waals surface area contributed by atoms with Crippen molar-refractivity contribution in [3.05, 3.63) is 29.8 Å². The van der Waals surface area contributed by atoms with Crippen molar-refractivity contribution < 1.29 is 35.9 Å². The quantitative estimate of drug-likeness (QED) is 0.620. The zero-order valence-corrected chi connectivity index (χ0v) is 9.84. The number of ether oxygens (including phenoxy) is 1. The molecule has 1 amide bonds. The van der Waals surface area contributed by atoms with Crippen LogP contribution in [0.2, 0.25) is 0 Å². The Balaban J connectivity index is 3.14. The van der Waals surface area contributed by atoms with Crippen LogP contribution >= 0.6 is 0 Å². The summed E-state index contributed by atoms with van der Waals surface area (Å²) < 4.78 is 77.9. The molecule has 0 aliphatic carbocycles. The van der Waals surface area contributed by atoms with Crippen LogP contribution in [-0.2, 0) is 0 Å². The SMILES string of the molecule is COc1ccc(C(=O)N=C(C(F)(F)F)C(F)(F)F)cc1. The Morgan fingerprint density at radius 3 is 1.80 bits per heavy atom. The summed E-state index contributed by atoms with van der Waals surface area (Å²) in [5.74, 6) is -1.35. The second-order valence-electron chi connectivity index (χ2n) is 3.49. The lowest BCUT2D eigenvalue weighted by molar-refractivity contribution is -0.117. The van der Waals surface area contributed by atoms with Crippen LogP contribution < -0.4 is 4.74 Å². The van der Waals surface area contributed by atoms with Crippen molar-refractivity contribution in [1.82, 2.24) is 0 Å². The van der Waals surface area contributed by atoms with Gasteiger partial charge in [0.05, 0.1) is 7.11 Å². The number of carbonyl (C=O) groups is 1. The van der Waals surface area contributed by atoms with Gasteiger partial charge in [0.2, 0.25) is 5.71 Å². The molecule has 0 N–H and O–H groups in total. The summed E-state index contributed by atoms with van der Waals surface area (Å²) in [7, 11) is 1.31. The maximum atomic E-state index is 12.2. The molecule has 0 saturated carbocycles. The Kier molecular flexibility index (Phi) is 4.41. The van der Waals surface area contributed by atoms with E-state index >= 15 is 0 Å². The van der Waals surface area contributed by atoms with Gasteiger partial charge in [0.1, 0.15) is 5.75 Å². The normalized spacial score (nSPS) is 11.9. The number of halogens is 6. The summed E-state index contributed by atoms with van der Waals surface area (Å²) in [5, 5.41) is 0. The number of benzene rings is 1. The standard InChI is InChI=1S/C11H7F6NO2/c1-20-7-4-2-6(3-5-7)8(19)18-9(10(12,13)14)11(15,16)17/h2-5H,1H3. The van der Waals surface area contributed by atoms with Crippen molar-refractivity contribution in [2.75, 3.05) is 7.11 Å². The molecule has 0 heterocycles.